The van der Waals surface area contributed by atoms with Crippen molar-refractivity contribution >= 4 is 0 Å². The Hall–Kier alpha value is -0.0800. The SMILES string of the molecule is CCC(C)C1CNC(CC)(CC)CN1CC1CC1. The molecule has 2 fully saturated rings. The molecule has 2 aliphatic rings. The zero-order chi connectivity index (χ0) is 13.2. The molecule has 0 aromatic heterocycles. The smallest absolute Gasteiger partial charge is 0.0304 e. The summed E-state index contributed by atoms with van der Waals surface area (Å²) in [7, 11) is 0. The predicted molar refractivity (Wildman–Crippen MR) is 78.9 cm³/mol. The molecule has 2 nitrogen and oxygen atoms in total. The van der Waals surface area contributed by atoms with Crippen LogP contribution in [0.2, 0.25) is 0 Å². The van der Waals surface area contributed by atoms with Crippen LogP contribution in [-0.4, -0.2) is 36.1 Å². The normalized spacial score (nSPS) is 30.3. The van der Waals surface area contributed by atoms with Gasteiger partial charge in [0.05, 0.1) is 0 Å². The van der Waals surface area contributed by atoms with Crippen molar-refractivity contribution in [1.82, 2.24) is 10.2 Å². The van der Waals surface area contributed by atoms with Crippen LogP contribution in [0.4, 0.5) is 0 Å². The van der Waals surface area contributed by atoms with E-state index >= 15 is 0 Å². The van der Waals surface area contributed by atoms with Crippen LogP contribution < -0.4 is 5.32 Å². The topological polar surface area (TPSA) is 15.3 Å². The second kappa shape index (κ2) is 5.92. The monoisotopic (exact) mass is 252 g/mol. The summed E-state index contributed by atoms with van der Waals surface area (Å²) in [5.74, 6) is 1.84. The van der Waals surface area contributed by atoms with Crippen LogP contribution in [0.1, 0.15) is 59.8 Å². The van der Waals surface area contributed by atoms with Crippen molar-refractivity contribution < 1.29 is 0 Å². The number of piperazine rings is 1. The molecule has 0 aromatic carbocycles. The van der Waals surface area contributed by atoms with Crippen LogP contribution in [-0.2, 0) is 0 Å². The van der Waals surface area contributed by atoms with E-state index in [0.717, 1.165) is 17.9 Å². The van der Waals surface area contributed by atoms with Crippen molar-refractivity contribution in [3.8, 4) is 0 Å². The Morgan fingerprint density at radius 3 is 2.39 bits per heavy atom. The van der Waals surface area contributed by atoms with E-state index in [1.165, 1.54) is 51.7 Å². The molecule has 0 aromatic rings. The molecule has 1 aliphatic heterocycles. The molecule has 2 atom stereocenters. The molecule has 2 unspecified atom stereocenters. The standard InChI is InChI=1S/C16H32N2/c1-5-13(4)15-10-17-16(6-2,7-3)12-18(15)11-14-8-9-14/h13-15,17H,5-12H2,1-4H3. The van der Waals surface area contributed by atoms with Crippen LogP contribution in [0.3, 0.4) is 0 Å². The molecule has 1 saturated carbocycles. The lowest BCUT2D eigenvalue weighted by Gasteiger charge is -2.49. The summed E-state index contributed by atoms with van der Waals surface area (Å²) in [6.45, 7) is 13.3. The molecule has 1 N–H and O–H groups in total. The minimum Gasteiger partial charge on any atom is -0.308 e. The summed E-state index contributed by atoms with van der Waals surface area (Å²) < 4.78 is 0. The minimum atomic E-state index is 0.388. The molecule has 1 aliphatic carbocycles. The van der Waals surface area contributed by atoms with E-state index in [9.17, 15) is 0 Å². The first-order valence-electron chi connectivity index (χ1n) is 8.13. The third-order valence-electron chi connectivity index (χ3n) is 5.50. The number of hydrogen-bond donors (Lipinski definition) is 1. The van der Waals surface area contributed by atoms with Gasteiger partial charge in [0.2, 0.25) is 0 Å². The van der Waals surface area contributed by atoms with Crippen molar-refractivity contribution in [3.05, 3.63) is 0 Å². The van der Waals surface area contributed by atoms with Gasteiger partial charge in [0.1, 0.15) is 0 Å². The van der Waals surface area contributed by atoms with E-state index in [0.29, 0.717) is 5.54 Å². The zero-order valence-corrected chi connectivity index (χ0v) is 12.8. The number of hydrogen-bond acceptors (Lipinski definition) is 2. The molecule has 2 rings (SSSR count). The highest BCUT2D eigenvalue weighted by Crippen LogP contribution is 2.34. The largest absolute Gasteiger partial charge is 0.308 e. The van der Waals surface area contributed by atoms with E-state index in [-0.39, 0.29) is 0 Å². The van der Waals surface area contributed by atoms with Crippen molar-refractivity contribution in [2.24, 2.45) is 11.8 Å². The predicted octanol–water partition coefficient (Wildman–Crippen LogP) is 3.28. The van der Waals surface area contributed by atoms with Crippen LogP contribution in [0.25, 0.3) is 0 Å². The Labute approximate surface area is 114 Å². The molecular weight excluding hydrogens is 220 g/mol. The molecule has 0 spiro atoms. The summed E-state index contributed by atoms with van der Waals surface area (Å²) in [5, 5.41) is 3.88. The van der Waals surface area contributed by atoms with Gasteiger partial charge < -0.3 is 5.32 Å². The summed E-state index contributed by atoms with van der Waals surface area (Å²) in [6.07, 6.45) is 6.78. The lowest BCUT2D eigenvalue weighted by Crippen LogP contribution is -2.65. The summed E-state index contributed by atoms with van der Waals surface area (Å²) >= 11 is 0. The van der Waals surface area contributed by atoms with E-state index in [1.807, 2.05) is 0 Å². The van der Waals surface area contributed by atoms with Crippen LogP contribution in [0.15, 0.2) is 0 Å². The van der Waals surface area contributed by atoms with Crippen molar-refractivity contribution in [1.29, 1.82) is 0 Å². The number of rotatable bonds is 6. The van der Waals surface area contributed by atoms with Crippen molar-refractivity contribution in [3.63, 3.8) is 0 Å². The molecule has 0 radical (unpaired) electrons. The molecule has 0 amide bonds. The summed E-state index contributed by atoms with van der Waals surface area (Å²) in [4.78, 5) is 2.83. The molecule has 18 heavy (non-hydrogen) atoms. The quantitative estimate of drug-likeness (QED) is 0.780. The Morgan fingerprint density at radius 2 is 1.89 bits per heavy atom. The molecule has 1 saturated heterocycles. The van der Waals surface area contributed by atoms with Gasteiger partial charge in [-0.15, -0.1) is 0 Å². The van der Waals surface area contributed by atoms with Crippen LogP contribution in [0.5, 0.6) is 0 Å². The highest BCUT2D eigenvalue weighted by atomic mass is 15.3. The van der Waals surface area contributed by atoms with Gasteiger partial charge in [-0.1, -0.05) is 34.1 Å². The van der Waals surface area contributed by atoms with Gasteiger partial charge >= 0.3 is 0 Å². The third-order valence-corrected chi connectivity index (χ3v) is 5.50. The van der Waals surface area contributed by atoms with Gasteiger partial charge in [0.15, 0.2) is 0 Å². The van der Waals surface area contributed by atoms with Crippen molar-refractivity contribution in [2.45, 2.75) is 71.4 Å². The maximum atomic E-state index is 3.88. The van der Waals surface area contributed by atoms with E-state index < -0.39 is 0 Å². The Morgan fingerprint density at radius 1 is 1.22 bits per heavy atom. The molecular formula is C16H32N2. The van der Waals surface area contributed by atoms with Crippen LogP contribution in [0, 0.1) is 11.8 Å². The fourth-order valence-electron chi connectivity index (χ4n) is 3.40. The third kappa shape index (κ3) is 3.08. The van der Waals surface area contributed by atoms with Crippen LogP contribution >= 0.6 is 0 Å². The first kappa shape index (κ1) is 14.3. The molecule has 1 heterocycles. The molecule has 2 heteroatoms. The lowest BCUT2D eigenvalue weighted by atomic mass is 9.85. The van der Waals surface area contributed by atoms with Gasteiger partial charge in [-0.2, -0.15) is 0 Å². The second-order valence-corrected chi connectivity index (χ2v) is 6.69. The Balaban J connectivity index is 2.03. The molecule has 0 bridgehead atoms. The summed E-state index contributed by atoms with van der Waals surface area (Å²) in [5.41, 5.74) is 0.388. The van der Waals surface area contributed by atoms with E-state index in [4.69, 9.17) is 0 Å². The highest BCUT2D eigenvalue weighted by Gasteiger charge is 2.40. The zero-order valence-electron chi connectivity index (χ0n) is 12.8. The fourth-order valence-corrected chi connectivity index (χ4v) is 3.40. The minimum absolute atomic E-state index is 0.388. The van der Waals surface area contributed by atoms with Gasteiger partial charge in [-0.25, -0.2) is 0 Å². The van der Waals surface area contributed by atoms with E-state index in [1.54, 1.807) is 0 Å². The average Bonchev–Trinajstić information content (AvgIpc) is 3.21. The first-order chi connectivity index (χ1) is 8.64. The van der Waals surface area contributed by atoms with E-state index in [2.05, 4.69) is 37.9 Å². The second-order valence-electron chi connectivity index (χ2n) is 6.69. The van der Waals surface area contributed by atoms with Gasteiger partial charge in [0, 0.05) is 31.2 Å². The number of nitrogens with one attached hydrogen (secondary N) is 1. The Kier molecular flexibility index (Phi) is 4.71. The van der Waals surface area contributed by atoms with Crippen molar-refractivity contribution in [2.75, 3.05) is 19.6 Å². The van der Waals surface area contributed by atoms with Gasteiger partial charge in [0.25, 0.3) is 0 Å². The van der Waals surface area contributed by atoms with Gasteiger partial charge in [-0.3, -0.25) is 4.90 Å². The molecule has 106 valence electrons. The maximum Gasteiger partial charge on any atom is 0.0304 e. The Bertz CT molecular complexity index is 256. The number of nitrogens with zero attached hydrogens (tertiary/aromatic N) is 1. The highest BCUT2D eigenvalue weighted by molar-refractivity contribution is 4.99. The first-order valence-corrected chi connectivity index (χ1v) is 8.13. The maximum absolute atomic E-state index is 3.88. The summed E-state index contributed by atoms with van der Waals surface area (Å²) in [6, 6.07) is 0.766. The lowest BCUT2D eigenvalue weighted by molar-refractivity contribution is 0.0421. The fraction of sp³-hybridized carbons (Fsp3) is 1.00. The van der Waals surface area contributed by atoms with Gasteiger partial charge in [-0.05, 0) is 37.5 Å². The average molecular weight is 252 g/mol.